The van der Waals surface area contributed by atoms with Gasteiger partial charge in [-0.25, -0.2) is 21.6 Å². The molecule has 0 amide bonds. The second-order valence-electron chi connectivity index (χ2n) is 7.90. The van der Waals surface area contributed by atoms with E-state index in [0.717, 1.165) is 32.4 Å². The summed E-state index contributed by atoms with van der Waals surface area (Å²) in [7, 11) is -6.77. The van der Waals surface area contributed by atoms with E-state index in [2.05, 4.69) is 33.9 Å². The quantitative estimate of drug-likeness (QED) is 0.628. The van der Waals surface area contributed by atoms with Crippen LogP contribution in [0.4, 0.5) is 0 Å². The predicted molar refractivity (Wildman–Crippen MR) is 116 cm³/mol. The van der Waals surface area contributed by atoms with Crippen LogP contribution in [0.2, 0.25) is 0 Å². The zero-order chi connectivity index (χ0) is 21.1. The molecule has 0 saturated carbocycles. The summed E-state index contributed by atoms with van der Waals surface area (Å²) < 4.78 is 53.6. The van der Waals surface area contributed by atoms with Gasteiger partial charge in [0.25, 0.3) is 0 Å². The molecular formula is C20H33N3O4S2. The summed E-state index contributed by atoms with van der Waals surface area (Å²) in [6.45, 7) is 5.59. The lowest BCUT2D eigenvalue weighted by Crippen LogP contribution is -2.52. The van der Waals surface area contributed by atoms with Crippen molar-refractivity contribution in [2.75, 3.05) is 37.7 Å². The van der Waals surface area contributed by atoms with Crippen molar-refractivity contribution in [3.05, 3.63) is 35.4 Å². The monoisotopic (exact) mass is 443 g/mol. The Hall–Kier alpha value is -1.00. The Bertz CT molecular complexity index is 902. The Morgan fingerprint density at radius 2 is 1.90 bits per heavy atom. The molecule has 0 aromatic heterocycles. The van der Waals surface area contributed by atoms with Gasteiger partial charge in [-0.3, -0.25) is 4.90 Å². The lowest BCUT2D eigenvalue weighted by Gasteiger charge is -2.46. The molecule has 1 fully saturated rings. The van der Waals surface area contributed by atoms with Gasteiger partial charge in [-0.15, -0.1) is 0 Å². The lowest BCUT2D eigenvalue weighted by molar-refractivity contribution is 0.0911. The highest BCUT2D eigenvalue weighted by Gasteiger charge is 2.38. The number of hydrogen-bond donors (Lipinski definition) is 1. The third-order valence-electron chi connectivity index (χ3n) is 6.03. The third kappa shape index (κ3) is 5.38. The van der Waals surface area contributed by atoms with E-state index in [0.29, 0.717) is 6.42 Å². The number of benzene rings is 1. The second kappa shape index (κ2) is 9.43. The molecule has 2 atom stereocenters. The Morgan fingerprint density at radius 3 is 2.62 bits per heavy atom. The highest BCUT2D eigenvalue weighted by atomic mass is 32.2. The van der Waals surface area contributed by atoms with Crippen LogP contribution in [0.3, 0.4) is 0 Å². The smallest absolute Gasteiger partial charge is 0.214 e. The van der Waals surface area contributed by atoms with Crippen molar-refractivity contribution >= 4 is 20.0 Å². The molecule has 3 rings (SSSR count). The van der Waals surface area contributed by atoms with Gasteiger partial charge in [0.15, 0.2) is 0 Å². The topological polar surface area (TPSA) is 86.8 Å². The van der Waals surface area contributed by atoms with E-state index in [1.165, 1.54) is 11.1 Å². The van der Waals surface area contributed by atoms with Gasteiger partial charge in [-0.05, 0) is 43.7 Å². The number of nitrogens with one attached hydrogen (secondary N) is 1. The first-order chi connectivity index (χ1) is 13.8. The highest BCUT2D eigenvalue weighted by Crippen LogP contribution is 2.38. The maximum absolute atomic E-state index is 13.0. The predicted octanol–water partition coefficient (Wildman–Crippen LogP) is 1.73. The molecule has 0 unspecified atom stereocenters. The van der Waals surface area contributed by atoms with Crippen molar-refractivity contribution < 1.29 is 16.8 Å². The summed E-state index contributed by atoms with van der Waals surface area (Å²) in [4.78, 5) is 2.46. The molecule has 164 valence electrons. The molecule has 1 saturated heterocycles. The van der Waals surface area contributed by atoms with Crippen LogP contribution in [0.15, 0.2) is 24.3 Å². The minimum atomic E-state index is -3.43. The van der Waals surface area contributed by atoms with Crippen LogP contribution < -0.4 is 4.72 Å². The number of hydrogen-bond acceptors (Lipinski definition) is 5. The van der Waals surface area contributed by atoms with Gasteiger partial charge >= 0.3 is 0 Å². The molecule has 9 heteroatoms. The summed E-state index contributed by atoms with van der Waals surface area (Å²) in [5.41, 5.74) is 2.66. The second-order valence-corrected chi connectivity index (χ2v) is 12.0. The van der Waals surface area contributed by atoms with Crippen molar-refractivity contribution in [2.45, 2.75) is 51.6 Å². The maximum atomic E-state index is 13.0. The highest BCUT2D eigenvalue weighted by molar-refractivity contribution is 7.89. The normalized spacial score (nSPS) is 23.0. The first-order valence-corrected chi connectivity index (χ1v) is 13.8. The SMILES string of the molecule is CCCS(=O)(=O)N(CCNS(=O)(=O)CC)[C@@H]1CCN2CCc3ccccc3[C@@H]2C1. The van der Waals surface area contributed by atoms with Gasteiger partial charge in [-0.1, -0.05) is 31.2 Å². The van der Waals surface area contributed by atoms with E-state index in [1.807, 2.05) is 6.92 Å². The van der Waals surface area contributed by atoms with Crippen molar-refractivity contribution in [3.63, 3.8) is 0 Å². The molecule has 1 aromatic rings. The van der Waals surface area contributed by atoms with Crippen molar-refractivity contribution in [1.29, 1.82) is 0 Å². The summed E-state index contributed by atoms with van der Waals surface area (Å²) in [6, 6.07) is 8.57. The molecule has 29 heavy (non-hydrogen) atoms. The van der Waals surface area contributed by atoms with Crippen LogP contribution in [0, 0.1) is 0 Å². The Labute approximate surface area is 175 Å². The first kappa shape index (κ1) is 22.7. The number of fused-ring (bicyclic) bond motifs is 3. The zero-order valence-corrected chi connectivity index (χ0v) is 19.0. The number of nitrogens with zero attached hydrogens (tertiary/aromatic N) is 2. The van der Waals surface area contributed by atoms with Gasteiger partial charge in [0.05, 0.1) is 11.5 Å². The summed E-state index contributed by atoms with van der Waals surface area (Å²) >= 11 is 0. The maximum Gasteiger partial charge on any atom is 0.214 e. The van der Waals surface area contributed by atoms with Crippen LogP contribution in [-0.4, -0.2) is 69.8 Å². The average molecular weight is 444 g/mol. The van der Waals surface area contributed by atoms with E-state index in [4.69, 9.17) is 0 Å². The van der Waals surface area contributed by atoms with E-state index in [-0.39, 0.29) is 36.7 Å². The number of sulfonamides is 2. The largest absolute Gasteiger partial charge is 0.296 e. The molecule has 0 radical (unpaired) electrons. The standard InChI is InChI=1S/C20H33N3O4S2/c1-3-15-29(26,27)23(14-11-21-28(24,25)4-2)18-10-13-22-12-9-17-7-5-6-8-19(17)20(22)16-18/h5-8,18,20-21H,3-4,9-16H2,1-2H3/t18-,20+/m1/s1. The molecule has 0 spiro atoms. The number of rotatable bonds is 9. The van der Waals surface area contributed by atoms with Crippen LogP contribution in [0.5, 0.6) is 0 Å². The Balaban J connectivity index is 1.79. The molecular weight excluding hydrogens is 410 g/mol. The van der Waals surface area contributed by atoms with Crippen molar-refractivity contribution in [1.82, 2.24) is 13.9 Å². The van der Waals surface area contributed by atoms with Crippen LogP contribution in [-0.2, 0) is 26.5 Å². The molecule has 1 N–H and O–H groups in total. The zero-order valence-electron chi connectivity index (χ0n) is 17.4. The van der Waals surface area contributed by atoms with Gasteiger partial charge in [0.2, 0.25) is 20.0 Å². The fourth-order valence-electron chi connectivity index (χ4n) is 4.54. The van der Waals surface area contributed by atoms with Crippen molar-refractivity contribution in [3.8, 4) is 0 Å². The van der Waals surface area contributed by atoms with Crippen LogP contribution >= 0.6 is 0 Å². The van der Waals surface area contributed by atoms with Gasteiger partial charge in [0, 0.05) is 38.3 Å². The van der Waals surface area contributed by atoms with Gasteiger partial charge in [0.1, 0.15) is 0 Å². The summed E-state index contributed by atoms with van der Waals surface area (Å²) in [6.07, 6.45) is 3.11. The summed E-state index contributed by atoms with van der Waals surface area (Å²) in [5.74, 6) is 0.0843. The first-order valence-electron chi connectivity index (χ1n) is 10.6. The number of piperidine rings is 1. The molecule has 0 bridgehead atoms. The van der Waals surface area contributed by atoms with E-state index >= 15 is 0 Å². The lowest BCUT2D eigenvalue weighted by atomic mass is 9.85. The Kier molecular flexibility index (Phi) is 7.37. The van der Waals surface area contributed by atoms with Gasteiger partial charge < -0.3 is 0 Å². The molecule has 2 aliphatic rings. The minimum absolute atomic E-state index is 0.00798. The third-order valence-corrected chi connectivity index (χ3v) is 9.55. The van der Waals surface area contributed by atoms with E-state index < -0.39 is 20.0 Å². The van der Waals surface area contributed by atoms with Crippen LogP contribution in [0.1, 0.15) is 50.3 Å². The molecule has 1 aromatic carbocycles. The van der Waals surface area contributed by atoms with Gasteiger partial charge in [-0.2, -0.15) is 4.31 Å². The van der Waals surface area contributed by atoms with Crippen molar-refractivity contribution in [2.24, 2.45) is 0 Å². The fourth-order valence-corrected chi connectivity index (χ4v) is 6.91. The molecule has 7 nitrogen and oxygen atoms in total. The van der Waals surface area contributed by atoms with E-state index in [9.17, 15) is 16.8 Å². The minimum Gasteiger partial charge on any atom is -0.296 e. The molecule has 0 aliphatic carbocycles. The fraction of sp³-hybridized carbons (Fsp3) is 0.700. The summed E-state index contributed by atoms with van der Waals surface area (Å²) in [5, 5.41) is 0. The van der Waals surface area contributed by atoms with Crippen LogP contribution in [0.25, 0.3) is 0 Å². The van der Waals surface area contributed by atoms with E-state index in [1.54, 1.807) is 11.2 Å². The Morgan fingerprint density at radius 1 is 1.14 bits per heavy atom. The average Bonchev–Trinajstić information content (AvgIpc) is 2.70. The molecule has 2 heterocycles. The molecule has 2 aliphatic heterocycles.